The Kier molecular flexibility index (Phi) is 9.83. The highest BCUT2D eigenvalue weighted by atomic mass is 16.7. The molecule has 11 atom stereocenters. The molecule has 5 aliphatic rings. The van der Waals surface area contributed by atoms with E-state index in [0.717, 1.165) is 44.9 Å². The van der Waals surface area contributed by atoms with Crippen molar-refractivity contribution in [1.29, 1.82) is 0 Å². The SMILES string of the molecule is CCC(N)(CC)CO[C@H]1[C@H](n2ncnc2C(=O)NC)C[C@@]23COC[C@]1(C)[C@@H]2CC[C@H]1C3=CC[C@]2(C)[C@H](OC(=O)O)[C@@](C)([C@H](C)C(C)C)CC[C@]12C. The van der Waals surface area contributed by atoms with Gasteiger partial charge in [0.1, 0.15) is 12.4 Å². The van der Waals surface area contributed by atoms with Crippen molar-refractivity contribution in [3.8, 4) is 0 Å². The molecule has 1 saturated heterocycles. The number of carboxylic acid groups (broad SMARTS) is 1. The number of allylic oxidation sites excluding steroid dienone is 1. The molecule has 1 aromatic heterocycles. The van der Waals surface area contributed by atoms with Gasteiger partial charge in [0.15, 0.2) is 0 Å². The number of nitrogens with one attached hydrogen (secondary N) is 1. The third-order valence-electron chi connectivity index (χ3n) is 16.2. The molecule has 2 bridgehead atoms. The van der Waals surface area contributed by atoms with Gasteiger partial charge in [0.05, 0.1) is 32.0 Å². The van der Waals surface area contributed by atoms with Crippen molar-refractivity contribution in [3.63, 3.8) is 0 Å². The van der Waals surface area contributed by atoms with E-state index in [-0.39, 0.29) is 62.8 Å². The molecule has 1 amide bonds. The lowest BCUT2D eigenvalue weighted by molar-refractivity contribution is -0.256. The van der Waals surface area contributed by atoms with Crippen LogP contribution in [0.3, 0.4) is 0 Å². The van der Waals surface area contributed by atoms with E-state index in [1.165, 1.54) is 11.9 Å². The van der Waals surface area contributed by atoms with E-state index < -0.39 is 17.8 Å². The van der Waals surface area contributed by atoms with Gasteiger partial charge < -0.3 is 30.4 Å². The van der Waals surface area contributed by atoms with Crippen LogP contribution in [0.2, 0.25) is 0 Å². The molecule has 11 heteroatoms. The molecule has 4 aliphatic carbocycles. The summed E-state index contributed by atoms with van der Waals surface area (Å²) in [4.78, 5) is 30.1. The lowest BCUT2D eigenvalue weighted by Gasteiger charge is -2.71. The first-order valence-corrected chi connectivity index (χ1v) is 19.6. The van der Waals surface area contributed by atoms with E-state index >= 15 is 0 Å². The van der Waals surface area contributed by atoms with Gasteiger partial charge in [-0.1, -0.05) is 74.0 Å². The molecule has 4 N–H and O–H groups in total. The summed E-state index contributed by atoms with van der Waals surface area (Å²) >= 11 is 0. The summed E-state index contributed by atoms with van der Waals surface area (Å²) in [6.45, 7) is 21.8. The average molecular weight is 712 g/mol. The lowest BCUT2D eigenvalue weighted by Crippen LogP contribution is -2.70. The van der Waals surface area contributed by atoms with Crippen molar-refractivity contribution in [2.75, 3.05) is 26.9 Å². The fourth-order valence-electron chi connectivity index (χ4n) is 12.3. The summed E-state index contributed by atoms with van der Waals surface area (Å²) in [5, 5.41) is 17.7. The van der Waals surface area contributed by atoms with Crippen LogP contribution in [0, 0.1) is 50.7 Å². The molecule has 2 heterocycles. The lowest BCUT2D eigenvalue weighted by atomic mass is 9.35. The first kappa shape index (κ1) is 38.2. The Balaban J connectivity index is 1.47. The Bertz CT molecular complexity index is 1520. The number of nitrogens with zero attached hydrogens (tertiary/aromatic N) is 3. The minimum atomic E-state index is -1.19. The maximum atomic E-state index is 13.2. The van der Waals surface area contributed by atoms with Crippen LogP contribution in [0.25, 0.3) is 0 Å². The molecule has 1 aliphatic heterocycles. The average Bonchev–Trinajstić information content (AvgIpc) is 3.59. The van der Waals surface area contributed by atoms with Gasteiger partial charge in [-0.05, 0) is 80.5 Å². The fraction of sp³-hybridized carbons (Fsp3) is 0.850. The van der Waals surface area contributed by atoms with E-state index in [2.05, 4.69) is 78.7 Å². The van der Waals surface area contributed by atoms with Crippen LogP contribution in [0.1, 0.15) is 130 Å². The molecule has 1 aromatic rings. The van der Waals surface area contributed by atoms with Gasteiger partial charge >= 0.3 is 6.16 Å². The molecule has 0 radical (unpaired) electrons. The number of fused-ring (bicyclic) bond motifs is 3. The maximum absolute atomic E-state index is 13.2. The van der Waals surface area contributed by atoms with E-state index in [1.54, 1.807) is 7.05 Å². The van der Waals surface area contributed by atoms with Gasteiger partial charge in [-0.3, -0.25) is 4.79 Å². The third-order valence-corrected chi connectivity index (χ3v) is 16.2. The smallest absolute Gasteiger partial charge is 0.450 e. The van der Waals surface area contributed by atoms with Crippen LogP contribution in [0.5, 0.6) is 0 Å². The number of carbonyl (C=O) groups is 2. The maximum Gasteiger partial charge on any atom is 0.506 e. The molecule has 4 fully saturated rings. The van der Waals surface area contributed by atoms with E-state index in [9.17, 15) is 14.7 Å². The summed E-state index contributed by atoms with van der Waals surface area (Å²) in [5.74, 6) is 1.22. The zero-order valence-corrected chi connectivity index (χ0v) is 32.9. The normalized spacial score (nSPS) is 41.1. The predicted molar refractivity (Wildman–Crippen MR) is 195 cm³/mol. The molecule has 0 unspecified atom stereocenters. The molecular formula is C40H65N5O6. The Morgan fingerprint density at radius 3 is 2.45 bits per heavy atom. The van der Waals surface area contributed by atoms with Crippen molar-refractivity contribution in [2.45, 2.75) is 137 Å². The Morgan fingerprint density at radius 1 is 1.12 bits per heavy atom. The van der Waals surface area contributed by atoms with Crippen LogP contribution < -0.4 is 11.1 Å². The molecule has 0 spiro atoms. The van der Waals surface area contributed by atoms with Crippen LogP contribution in [0.15, 0.2) is 18.0 Å². The summed E-state index contributed by atoms with van der Waals surface area (Å²) in [5.41, 5.74) is 6.28. The topological polar surface area (TPSA) is 151 Å². The standard InChI is InChI=1S/C40H65N5O6/c1-11-39(41,12-2)21-50-30-28(45-31(32(46)42-10)43-23-44-45)19-40-22-49-20-36(30,7)29(40)14-13-26-27(40)15-16-38(9)33(51-34(47)48)35(6,25(5)24(3)4)17-18-37(26,38)8/h15,23-26,28-30,33H,11-14,16-22,41H2,1-10H3,(H,42,46)(H,47,48)/t25-,26+,28-,29+,30+,33-,35-,36-,37-,38-,40+/m1/s1. The number of nitrogens with two attached hydrogens (primary N) is 1. The number of aromatic nitrogens is 3. The van der Waals surface area contributed by atoms with Gasteiger partial charge in [0.25, 0.3) is 5.91 Å². The summed E-state index contributed by atoms with van der Waals surface area (Å²) in [6.07, 6.45) is 8.99. The molecule has 0 aromatic carbocycles. The monoisotopic (exact) mass is 711 g/mol. The first-order chi connectivity index (χ1) is 23.9. The highest BCUT2D eigenvalue weighted by molar-refractivity contribution is 5.90. The van der Waals surface area contributed by atoms with Crippen LogP contribution >= 0.6 is 0 Å². The second kappa shape index (κ2) is 13.1. The highest BCUT2D eigenvalue weighted by Crippen LogP contribution is 2.74. The molecule has 3 saturated carbocycles. The molecule has 286 valence electrons. The highest BCUT2D eigenvalue weighted by Gasteiger charge is 2.72. The summed E-state index contributed by atoms with van der Waals surface area (Å²) in [6, 6.07) is -0.270. The van der Waals surface area contributed by atoms with E-state index in [4.69, 9.17) is 25.0 Å². The fourth-order valence-corrected chi connectivity index (χ4v) is 12.3. The number of amides is 1. The van der Waals surface area contributed by atoms with Crippen molar-refractivity contribution < 1.29 is 28.9 Å². The van der Waals surface area contributed by atoms with Gasteiger partial charge in [0, 0.05) is 34.2 Å². The van der Waals surface area contributed by atoms with Crippen molar-refractivity contribution in [2.24, 2.45) is 56.5 Å². The van der Waals surface area contributed by atoms with Crippen LogP contribution in [-0.4, -0.2) is 76.5 Å². The molecule has 51 heavy (non-hydrogen) atoms. The molecule has 6 rings (SSSR count). The van der Waals surface area contributed by atoms with Gasteiger partial charge in [-0.2, -0.15) is 5.10 Å². The number of ether oxygens (including phenoxy) is 3. The molecular weight excluding hydrogens is 646 g/mol. The third kappa shape index (κ3) is 5.52. The Labute approximate surface area is 305 Å². The zero-order chi connectivity index (χ0) is 37.4. The molecule has 11 nitrogen and oxygen atoms in total. The van der Waals surface area contributed by atoms with Crippen LogP contribution in [0.4, 0.5) is 4.79 Å². The van der Waals surface area contributed by atoms with Crippen molar-refractivity contribution in [3.05, 3.63) is 23.8 Å². The quantitative estimate of drug-likeness (QED) is 0.172. The number of hydrogen-bond acceptors (Lipinski definition) is 8. The van der Waals surface area contributed by atoms with Crippen molar-refractivity contribution >= 4 is 12.1 Å². The number of carbonyl (C=O) groups excluding carboxylic acids is 1. The number of hydrogen-bond donors (Lipinski definition) is 3. The van der Waals surface area contributed by atoms with Crippen LogP contribution in [-0.2, 0) is 14.2 Å². The van der Waals surface area contributed by atoms with Crippen molar-refractivity contribution in [1.82, 2.24) is 20.1 Å². The van der Waals surface area contributed by atoms with Gasteiger partial charge in [-0.15, -0.1) is 0 Å². The minimum absolute atomic E-state index is 0.189. The van der Waals surface area contributed by atoms with E-state index in [0.29, 0.717) is 38.1 Å². The second-order valence-electron chi connectivity index (χ2n) is 18.5. The zero-order valence-electron chi connectivity index (χ0n) is 32.9. The Hall–Kier alpha value is -2.50. The predicted octanol–water partition coefficient (Wildman–Crippen LogP) is 7.03. The summed E-state index contributed by atoms with van der Waals surface area (Å²) in [7, 11) is 1.62. The number of rotatable bonds is 10. The van der Waals surface area contributed by atoms with Gasteiger partial charge in [-0.25, -0.2) is 14.5 Å². The second-order valence-corrected chi connectivity index (χ2v) is 18.5. The largest absolute Gasteiger partial charge is 0.506 e. The summed E-state index contributed by atoms with van der Waals surface area (Å²) < 4.78 is 21.6. The first-order valence-electron chi connectivity index (χ1n) is 19.6. The van der Waals surface area contributed by atoms with E-state index in [1.807, 2.05) is 4.68 Å². The van der Waals surface area contributed by atoms with Gasteiger partial charge in [0.2, 0.25) is 5.82 Å². The minimum Gasteiger partial charge on any atom is -0.450 e. The Morgan fingerprint density at radius 2 is 1.82 bits per heavy atom.